The van der Waals surface area contributed by atoms with Crippen LogP contribution < -0.4 is 4.74 Å². The third kappa shape index (κ3) is 6.16. The second kappa shape index (κ2) is 11.4. The first-order valence-corrected chi connectivity index (χ1v) is 10.3. The molecule has 1 N–H and O–H groups in total. The first-order chi connectivity index (χ1) is 15.2. The van der Waals surface area contributed by atoms with Gasteiger partial charge >= 0.3 is 5.97 Å². The zero-order chi connectivity index (χ0) is 23.8. The van der Waals surface area contributed by atoms with Gasteiger partial charge in [-0.3, -0.25) is 9.20 Å². The van der Waals surface area contributed by atoms with Crippen molar-refractivity contribution in [1.29, 1.82) is 0 Å². The van der Waals surface area contributed by atoms with Crippen LogP contribution in [0.4, 0.5) is 17.6 Å². The summed E-state index contributed by atoms with van der Waals surface area (Å²) >= 11 is 0. The number of aliphatic hydroxyl groups excluding tert-OH is 1. The van der Waals surface area contributed by atoms with Gasteiger partial charge in [-0.05, 0) is 37.3 Å². The standard InChI is InChI=1S/C21H19F4NO5S/c1-3-31-21(28)15(20(27)14-8-17(23)18(24)9-16(14)22)10-26-11-19(25)32(29)13-6-4-12(30-2)5-7-13/h4-10,19,27H,3,11H2,1-2H3/b20-15-,26-10?. The number of hydrogen-bond donors (Lipinski definition) is 1. The highest BCUT2D eigenvalue weighted by molar-refractivity contribution is 7.85. The number of hydrogen-bond acceptors (Lipinski definition) is 6. The average Bonchev–Trinajstić information content (AvgIpc) is 2.78. The molecular formula is C21H19F4NO5S. The number of nitrogens with zero attached hydrogens (tertiary/aromatic N) is 1. The number of benzene rings is 2. The van der Waals surface area contributed by atoms with Gasteiger partial charge in [0.05, 0.1) is 36.6 Å². The van der Waals surface area contributed by atoms with Gasteiger partial charge in [0.2, 0.25) is 0 Å². The monoisotopic (exact) mass is 473 g/mol. The van der Waals surface area contributed by atoms with E-state index >= 15 is 0 Å². The molecule has 0 aliphatic carbocycles. The maximum atomic E-state index is 14.4. The minimum atomic E-state index is -2.11. The first kappa shape index (κ1) is 25.1. The van der Waals surface area contributed by atoms with Crippen molar-refractivity contribution in [3.05, 3.63) is 65.0 Å². The van der Waals surface area contributed by atoms with E-state index in [1.54, 1.807) is 0 Å². The average molecular weight is 473 g/mol. The van der Waals surface area contributed by atoms with Crippen molar-refractivity contribution in [2.24, 2.45) is 4.99 Å². The van der Waals surface area contributed by atoms with Crippen LogP contribution in [-0.2, 0) is 20.3 Å². The van der Waals surface area contributed by atoms with Crippen LogP contribution in [0.25, 0.3) is 5.76 Å². The molecule has 11 heteroatoms. The molecule has 2 rings (SSSR count). The number of carbonyl (C=O) groups is 1. The summed E-state index contributed by atoms with van der Waals surface area (Å²) in [4.78, 5) is 15.9. The Kier molecular flexibility index (Phi) is 8.94. The number of ether oxygens (including phenoxy) is 2. The zero-order valence-electron chi connectivity index (χ0n) is 17.0. The molecule has 0 fully saturated rings. The SMILES string of the molecule is CCOC(=O)/C(C=NCC(F)S(=O)c1ccc(OC)cc1)=C(\O)c1cc(F)c(F)cc1F. The van der Waals surface area contributed by atoms with Crippen molar-refractivity contribution in [1.82, 2.24) is 0 Å². The van der Waals surface area contributed by atoms with Crippen molar-refractivity contribution in [2.45, 2.75) is 17.3 Å². The van der Waals surface area contributed by atoms with E-state index in [1.165, 1.54) is 38.3 Å². The molecule has 0 aliphatic heterocycles. The smallest absolute Gasteiger partial charge is 0.343 e. The number of esters is 1. The quantitative estimate of drug-likeness (QED) is 0.148. The van der Waals surface area contributed by atoms with Crippen molar-refractivity contribution in [3.8, 4) is 5.75 Å². The molecule has 2 unspecified atom stereocenters. The molecule has 0 aliphatic rings. The molecule has 0 spiro atoms. The number of aliphatic imine (C=N–C) groups is 1. The first-order valence-electron chi connectivity index (χ1n) is 9.13. The van der Waals surface area contributed by atoms with E-state index in [2.05, 4.69) is 4.99 Å². The molecule has 0 saturated heterocycles. The van der Waals surface area contributed by atoms with Crippen molar-refractivity contribution < 1.29 is 41.1 Å². The largest absolute Gasteiger partial charge is 0.506 e. The van der Waals surface area contributed by atoms with Gasteiger partial charge < -0.3 is 14.6 Å². The number of methoxy groups -OCH3 is 1. The van der Waals surface area contributed by atoms with Crippen LogP contribution in [-0.4, -0.2) is 47.3 Å². The fraction of sp³-hybridized carbons (Fsp3) is 0.238. The van der Waals surface area contributed by atoms with Gasteiger partial charge in [0, 0.05) is 17.2 Å². The minimum Gasteiger partial charge on any atom is -0.506 e. The predicted molar refractivity (Wildman–Crippen MR) is 110 cm³/mol. The van der Waals surface area contributed by atoms with Crippen molar-refractivity contribution in [3.63, 3.8) is 0 Å². The Labute approximate surface area is 183 Å². The van der Waals surface area contributed by atoms with Crippen LogP contribution >= 0.6 is 0 Å². The molecule has 0 amide bonds. The molecule has 2 aromatic carbocycles. The Morgan fingerprint density at radius 2 is 1.78 bits per heavy atom. The lowest BCUT2D eigenvalue weighted by Crippen LogP contribution is -2.15. The Morgan fingerprint density at radius 1 is 1.16 bits per heavy atom. The molecule has 2 atom stereocenters. The molecule has 2 aromatic rings. The number of aliphatic hydroxyl groups is 1. The zero-order valence-corrected chi connectivity index (χ0v) is 17.8. The molecule has 32 heavy (non-hydrogen) atoms. The normalized spacial score (nSPS) is 14.1. The van der Waals surface area contributed by atoms with E-state index < -0.39 is 63.2 Å². The fourth-order valence-electron chi connectivity index (χ4n) is 2.42. The summed E-state index contributed by atoms with van der Waals surface area (Å²) in [5.74, 6) is -6.07. The topological polar surface area (TPSA) is 85.2 Å². The molecular weight excluding hydrogens is 454 g/mol. The molecule has 0 heterocycles. The van der Waals surface area contributed by atoms with Gasteiger partial charge in [-0.15, -0.1) is 0 Å². The van der Waals surface area contributed by atoms with E-state index in [-0.39, 0.29) is 17.6 Å². The van der Waals surface area contributed by atoms with Crippen molar-refractivity contribution >= 4 is 28.7 Å². The summed E-state index contributed by atoms with van der Waals surface area (Å²) in [6.07, 6.45) is 0.686. The van der Waals surface area contributed by atoms with Gasteiger partial charge in [0.1, 0.15) is 22.9 Å². The Morgan fingerprint density at radius 3 is 2.38 bits per heavy atom. The Hall–Kier alpha value is -3.21. The number of halogens is 4. The number of carbonyl (C=O) groups excluding carboxylic acids is 1. The Balaban J connectivity index is 2.28. The van der Waals surface area contributed by atoms with Gasteiger partial charge in [-0.2, -0.15) is 0 Å². The third-order valence-electron chi connectivity index (χ3n) is 4.01. The van der Waals surface area contributed by atoms with E-state index in [1.807, 2.05) is 0 Å². The van der Waals surface area contributed by atoms with Gasteiger partial charge in [0.25, 0.3) is 0 Å². The summed E-state index contributed by atoms with van der Waals surface area (Å²) in [7, 11) is -0.666. The van der Waals surface area contributed by atoms with Crippen LogP contribution in [0, 0.1) is 17.5 Å². The highest BCUT2D eigenvalue weighted by Gasteiger charge is 2.22. The van der Waals surface area contributed by atoms with Crippen LogP contribution in [0.1, 0.15) is 12.5 Å². The summed E-state index contributed by atoms with van der Waals surface area (Å²) < 4.78 is 76.9. The minimum absolute atomic E-state index is 0.128. The van der Waals surface area contributed by atoms with Gasteiger partial charge in [-0.25, -0.2) is 22.4 Å². The summed E-state index contributed by atoms with van der Waals surface area (Å²) in [5.41, 5.74) is -3.53. The molecule has 0 bridgehead atoms. The number of alkyl halides is 1. The van der Waals surface area contributed by atoms with Crippen LogP contribution in [0.2, 0.25) is 0 Å². The third-order valence-corrected chi connectivity index (χ3v) is 5.36. The van der Waals surface area contributed by atoms with E-state index in [9.17, 15) is 31.7 Å². The summed E-state index contributed by atoms with van der Waals surface area (Å²) in [6, 6.07) is 6.36. The van der Waals surface area contributed by atoms with Crippen LogP contribution in [0.15, 0.2) is 51.9 Å². The van der Waals surface area contributed by atoms with Gasteiger partial charge in [-0.1, -0.05) is 0 Å². The second-order valence-corrected chi connectivity index (χ2v) is 7.68. The second-order valence-electron chi connectivity index (χ2n) is 6.11. The molecule has 0 saturated carbocycles. The van der Waals surface area contributed by atoms with E-state index in [0.717, 1.165) is 0 Å². The van der Waals surface area contributed by atoms with Crippen molar-refractivity contribution in [2.75, 3.05) is 20.3 Å². The Bertz CT molecular complexity index is 1060. The summed E-state index contributed by atoms with van der Waals surface area (Å²) in [5, 5.41) is 10.3. The lowest BCUT2D eigenvalue weighted by molar-refractivity contribution is -0.137. The molecule has 0 aromatic heterocycles. The van der Waals surface area contributed by atoms with Crippen LogP contribution in [0.3, 0.4) is 0 Å². The van der Waals surface area contributed by atoms with E-state index in [4.69, 9.17) is 9.47 Å². The van der Waals surface area contributed by atoms with E-state index in [0.29, 0.717) is 18.0 Å². The highest BCUT2D eigenvalue weighted by atomic mass is 32.2. The predicted octanol–water partition coefficient (Wildman–Crippen LogP) is 4.12. The number of rotatable bonds is 9. The van der Waals surface area contributed by atoms with Crippen LogP contribution in [0.5, 0.6) is 5.75 Å². The molecule has 0 radical (unpaired) electrons. The highest BCUT2D eigenvalue weighted by Crippen LogP contribution is 2.23. The molecule has 172 valence electrons. The fourth-order valence-corrected chi connectivity index (χ4v) is 3.34. The summed E-state index contributed by atoms with van der Waals surface area (Å²) in [6.45, 7) is 0.642. The van der Waals surface area contributed by atoms with Gasteiger partial charge in [0.15, 0.2) is 17.1 Å². The maximum Gasteiger partial charge on any atom is 0.343 e. The lowest BCUT2D eigenvalue weighted by atomic mass is 10.1. The lowest BCUT2D eigenvalue weighted by Gasteiger charge is -2.09. The maximum absolute atomic E-state index is 14.4. The molecule has 6 nitrogen and oxygen atoms in total.